The van der Waals surface area contributed by atoms with Gasteiger partial charge in [-0.05, 0) is 60.9 Å². The number of aromatic hydroxyl groups is 1. The minimum Gasteiger partial charge on any atom is -0.508 e. The highest BCUT2D eigenvalue weighted by Gasteiger charge is 2.24. The van der Waals surface area contributed by atoms with Crippen LogP contribution in [0.5, 0.6) is 5.75 Å². The summed E-state index contributed by atoms with van der Waals surface area (Å²) in [6, 6.07) is 9.51. The van der Waals surface area contributed by atoms with Gasteiger partial charge in [-0.3, -0.25) is 19.4 Å². The van der Waals surface area contributed by atoms with Crippen LogP contribution < -0.4 is 10.6 Å². The first-order valence-electron chi connectivity index (χ1n) is 12.1. The van der Waals surface area contributed by atoms with Crippen molar-refractivity contribution in [1.82, 2.24) is 10.6 Å². The lowest BCUT2D eigenvalue weighted by molar-refractivity contribution is -0.137. The smallest absolute Gasteiger partial charge is 0.303 e. The second-order valence-corrected chi connectivity index (χ2v) is 10.9. The van der Waals surface area contributed by atoms with E-state index < -0.39 is 29.5 Å². The van der Waals surface area contributed by atoms with Gasteiger partial charge in [0.15, 0.2) is 5.78 Å². The number of amidine groups is 1. The van der Waals surface area contributed by atoms with Gasteiger partial charge in [-0.1, -0.05) is 22.0 Å². The Morgan fingerprint density at radius 1 is 1.16 bits per heavy atom. The third kappa shape index (κ3) is 8.64. The predicted molar refractivity (Wildman–Crippen MR) is 144 cm³/mol. The van der Waals surface area contributed by atoms with Crippen LogP contribution in [0, 0.1) is 0 Å². The van der Waals surface area contributed by atoms with Gasteiger partial charge in [-0.15, -0.1) is 0 Å². The third-order valence-electron chi connectivity index (χ3n) is 6.09. The first-order valence-corrected chi connectivity index (χ1v) is 12.9. The number of aliphatic hydroxyl groups is 2. The fraction of sp³-hybridized carbons (Fsp3) is 0.407. The van der Waals surface area contributed by atoms with Crippen molar-refractivity contribution in [1.29, 1.82) is 0 Å². The average Bonchev–Trinajstić information content (AvgIpc) is 2.82. The number of hydrogen-bond donors (Lipinski definition) is 6. The molecule has 0 aromatic heterocycles. The Labute approximate surface area is 228 Å². The molecule has 0 fully saturated rings. The molecule has 1 amide bonds. The van der Waals surface area contributed by atoms with Crippen LogP contribution in [0.3, 0.4) is 0 Å². The van der Waals surface area contributed by atoms with Crippen LogP contribution in [0.2, 0.25) is 0 Å². The molecule has 11 heteroatoms. The number of rotatable bonds is 11. The monoisotopic (exact) mass is 589 g/mol. The number of β-amino-alcohol motifs (C(OH)–C–C–N with tert-alkyl or cyclic N) is 1. The van der Waals surface area contributed by atoms with Crippen LogP contribution in [0.25, 0.3) is 0 Å². The van der Waals surface area contributed by atoms with Crippen molar-refractivity contribution in [3.63, 3.8) is 0 Å². The summed E-state index contributed by atoms with van der Waals surface area (Å²) in [6.45, 7) is 3.55. The lowest BCUT2D eigenvalue weighted by Crippen LogP contribution is -2.39. The lowest BCUT2D eigenvalue weighted by atomic mass is 9.87. The van der Waals surface area contributed by atoms with E-state index in [1.807, 2.05) is 0 Å². The fourth-order valence-corrected chi connectivity index (χ4v) is 4.65. The van der Waals surface area contributed by atoms with Gasteiger partial charge in [0.05, 0.1) is 31.2 Å². The first-order chi connectivity index (χ1) is 17.8. The number of ketones is 1. The summed E-state index contributed by atoms with van der Waals surface area (Å²) in [4.78, 5) is 41.3. The molecule has 204 valence electrons. The van der Waals surface area contributed by atoms with E-state index in [0.717, 1.165) is 0 Å². The number of aliphatic carboxylic acids is 1. The quantitative estimate of drug-likeness (QED) is 0.232. The van der Waals surface area contributed by atoms with Crippen LogP contribution in [0.1, 0.15) is 59.7 Å². The molecule has 2 aromatic carbocycles. The van der Waals surface area contributed by atoms with Crippen molar-refractivity contribution in [3.05, 3.63) is 63.1 Å². The molecule has 0 saturated carbocycles. The summed E-state index contributed by atoms with van der Waals surface area (Å²) in [5, 5.41) is 45.0. The second kappa shape index (κ2) is 12.5. The topological polar surface area (TPSA) is 169 Å². The Balaban J connectivity index is 1.67. The zero-order valence-corrected chi connectivity index (χ0v) is 22.8. The molecule has 0 spiro atoms. The van der Waals surface area contributed by atoms with E-state index in [4.69, 9.17) is 0 Å². The number of phenolic OH excluding ortho intramolecular Hbond substituents is 1. The molecule has 0 aliphatic carbocycles. The first kappa shape index (κ1) is 29.3. The van der Waals surface area contributed by atoms with Crippen molar-refractivity contribution < 1.29 is 34.8 Å². The van der Waals surface area contributed by atoms with E-state index >= 15 is 0 Å². The number of aliphatic hydroxyl groups excluding tert-OH is 1. The molecule has 6 N–H and O–H groups in total. The maximum Gasteiger partial charge on any atom is 0.303 e. The van der Waals surface area contributed by atoms with Crippen LogP contribution in [-0.2, 0) is 21.6 Å². The van der Waals surface area contributed by atoms with E-state index in [1.165, 1.54) is 12.1 Å². The lowest BCUT2D eigenvalue weighted by Gasteiger charge is -2.22. The number of hydrogen-bond acceptors (Lipinski definition) is 8. The highest BCUT2D eigenvalue weighted by atomic mass is 79.9. The fourth-order valence-electron chi connectivity index (χ4n) is 4.14. The van der Waals surface area contributed by atoms with E-state index in [0.29, 0.717) is 40.0 Å². The molecule has 10 nitrogen and oxygen atoms in total. The van der Waals surface area contributed by atoms with Crippen molar-refractivity contribution in [3.8, 4) is 5.75 Å². The number of benzene rings is 2. The molecule has 1 unspecified atom stereocenters. The Morgan fingerprint density at radius 2 is 1.89 bits per heavy atom. The number of carboxylic acid groups (broad SMARTS) is 1. The van der Waals surface area contributed by atoms with E-state index in [1.54, 1.807) is 38.1 Å². The number of carbonyl (C=O) groups is 3. The zero-order chi connectivity index (χ0) is 28.0. The van der Waals surface area contributed by atoms with Crippen molar-refractivity contribution in [2.24, 2.45) is 4.99 Å². The van der Waals surface area contributed by atoms with E-state index in [-0.39, 0.29) is 43.0 Å². The van der Waals surface area contributed by atoms with Crippen molar-refractivity contribution >= 4 is 39.4 Å². The molecule has 1 aliphatic rings. The van der Waals surface area contributed by atoms with Gasteiger partial charge in [0, 0.05) is 35.3 Å². The number of nitrogens with one attached hydrogen (secondary N) is 2. The molecular weight excluding hydrogens is 558 g/mol. The van der Waals surface area contributed by atoms with Crippen molar-refractivity contribution in [2.75, 3.05) is 19.6 Å². The number of carboxylic acids is 1. The molecule has 0 bridgehead atoms. The summed E-state index contributed by atoms with van der Waals surface area (Å²) in [5.74, 6) is -2.15. The number of carbonyl (C=O) groups excluding carboxylic acids is 2. The molecule has 1 aliphatic heterocycles. The summed E-state index contributed by atoms with van der Waals surface area (Å²) >= 11 is 3.38. The molecule has 3 rings (SSSR count). The van der Waals surface area contributed by atoms with Gasteiger partial charge in [0.1, 0.15) is 11.6 Å². The number of halogens is 1. The average molecular weight is 590 g/mol. The Morgan fingerprint density at radius 3 is 2.53 bits per heavy atom. The third-order valence-corrected chi connectivity index (χ3v) is 6.54. The minimum atomic E-state index is -1.16. The highest BCUT2D eigenvalue weighted by Crippen LogP contribution is 2.31. The van der Waals surface area contributed by atoms with E-state index in [9.17, 15) is 34.8 Å². The number of aliphatic imine (C=N–C) groups is 1. The summed E-state index contributed by atoms with van der Waals surface area (Å²) < 4.78 is 0.647. The number of amides is 1. The Bertz CT molecular complexity index is 1240. The number of phenols is 1. The Hall–Kier alpha value is -3.28. The maximum atomic E-state index is 12.8. The predicted octanol–water partition coefficient (Wildman–Crippen LogP) is 2.23. The number of Topliss-reactive ketones (excluding diaryl/α,β-unsaturated/α-hetero) is 1. The van der Waals surface area contributed by atoms with Gasteiger partial charge in [0.2, 0.25) is 0 Å². The summed E-state index contributed by atoms with van der Waals surface area (Å²) in [7, 11) is 0. The molecule has 1 heterocycles. The van der Waals surface area contributed by atoms with Crippen molar-refractivity contribution in [2.45, 2.75) is 50.7 Å². The molecule has 38 heavy (non-hydrogen) atoms. The Kier molecular flexibility index (Phi) is 9.64. The summed E-state index contributed by atoms with van der Waals surface area (Å²) in [5.41, 5.74) is 0.785. The van der Waals surface area contributed by atoms with Gasteiger partial charge < -0.3 is 31.1 Å². The second-order valence-electron chi connectivity index (χ2n) is 9.94. The zero-order valence-electron chi connectivity index (χ0n) is 21.2. The highest BCUT2D eigenvalue weighted by molar-refractivity contribution is 9.10. The van der Waals surface area contributed by atoms with Gasteiger partial charge in [0.25, 0.3) is 5.91 Å². The molecular formula is C27H32BrN3O7. The van der Waals surface area contributed by atoms with Crippen LogP contribution in [0.15, 0.2) is 45.9 Å². The number of nitrogens with zero attached hydrogens (tertiary/aromatic N) is 1. The molecule has 0 radical (unpaired) electrons. The largest absolute Gasteiger partial charge is 0.508 e. The SMILES string of the molecule is CC(C)(O)c1cc(Br)cc([C@H](CC(=O)O)CC(=O)CNC(=O)c2cc(O)cc(CC3=NCC(O)CN3)c2)c1. The van der Waals surface area contributed by atoms with Crippen LogP contribution >= 0.6 is 15.9 Å². The minimum absolute atomic E-state index is 0.116. The molecule has 2 atom stereocenters. The molecule has 2 aromatic rings. The summed E-state index contributed by atoms with van der Waals surface area (Å²) in [6.07, 6.45) is -0.649. The normalized spacial score (nSPS) is 16.2. The van der Waals surface area contributed by atoms with Gasteiger partial charge in [-0.25, -0.2) is 0 Å². The van der Waals surface area contributed by atoms with Crippen LogP contribution in [0.4, 0.5) is 0 Å². The van der Waals surface area contributed by atoms with Gasteiger partial charge in [-0.2, -0.15) is 0 Å². The standard InChI is InChI=1S/C27H32BrN3O7/c1-27(2,38)19-6-16(7-20(28)11-19)17(10-25(35)36)8-22(33)12-31-26(37)18-3-15(4-21(32)9-18)5-24-29-13-23(34)14-30-24/h3-4,6-7,9,11,17,23,32,34,38H,5,8,10,12-14H2,1-2H3,(H,29,30)(H,31,37)(H,35,36)/t17-/m0/s1. The van der Waals surface area contributed by atoms with E-state index in [2.05, 4.69) is 31.6 Å². The van der Waals surface area contributed by atoms with Crippen LogP contribution in [-0.4, -0.2) is 69.7 Å². The van der Waals surface area contributed by atoms with Gasteiger partial charge >= 0.3 is 5.97 Å². The maximum absolute atomic E-state index is 12.8. The molecule has 0 saturated heterocycles.